The maximum absolute atomic E-state index is 12.2. The highest BCUT2D eigenvalue weighted by Crippen LogP contribution is 2.35. The molecule has 21 heavy (non-hydrogen) atoms. The molecule has 1 aliphatic heterocycles. The van der Waals surface area contributed by atoms with E-state index in [4.69, 9.17) is 4.74 Å². The molecule has 1 amide bonds. The van der Waals surface area contributed by atoms with Gasteiger partial charge in [0.15, 0.2) is 5.13 Å². The summed E-state index contributed by atoms with van der Waals surface area (Å²) < 4.78 is 5.63. The number of anilines is 1. The summed E-state index contributed by atoms with van der Waals surface area (Å²) in [5.74, 6) is 1.14. The third-order valence-electron chi connectivity index (χ3n) is 3.79. The van der Waals surface area contributed by atoms with Crippen LogP contribution in [0.1, 0.15) is 34.9 Å². The molecule has 1 aliphatic rings. The largest absolute Gasteiger partial charge is 0.493 e. The van der Waals surface area contributed by atoms with Gasteiger partial charge < -0.3 is 10.1 Å². The summed E-state index contributed by atoms with van der Waals surface area (Å²) in [6.45, 7) is 4.64. The van der Waals surface area contributed by atoms with Crippen molar-refractivity contribution in [2.24, 2.45) is 0 Å². The van der Waals surface area contributed by atoms with Crippen molar-refractivity contribution in [3.05, 3.63) is 40.4 Å². The maximum Gasteiger partial charge on any atom is 0.226 e. The molecule has 3 rings (SSSR count). The van der Waals surface area contributed by atoms with E-state index in [2.05, 4.69) is 10.3 Å². The molecule has 1 N–H and O–H groups in total. The molecule has 5 heteroatoms. The Kier molecular flexibility index (Phi) is 3.92. The fourth-order valence-corrected chi connectivity index (χ4v) is 3.38. The fourth-order valence-electron chi connectivity index (χ4n) is 2.55. The molecule has 0 saturated heterocycles. The first kappa shape index (κ1) is 14.1. The lowest BCUT2D eigenvalue weighted by atomic mass is 9.90. The van der Waals surface area contributed by atoms with E-state index in [1.807, 2.05) is 38.1 Å². The summed E-state index contributed by atoms with van der Waals surface area (Å²) in [4.78, 5) is 17.7. The monoisotopic (exact) mass is 302 g/mol. The van der Waals surface area contributed by atoms with Gasteiger partial charge in [0.1, 0.15) is 5.75 Å². The molecule has 0 bridgehead atoms. The van der Waals surface area contributed by atoms with Gasteiger partial charge in [-0.2, -0.15) is 0 Å². The van der Waals surface area contributed by atoms with Crippen molar-refractivity contribution in [3.8, 4) is 5.75 Å². The molecule has 1 atom stereocenters. The van der Waals surface area contributed by atoms with E-state index in [9.17, 15) is 4.79 Å². The molecule has 1 unspecified atom stereocenters. The smallest absolute Gasteiger partial charge is 0.226 e. The average Bonchev–Trinajstić information content (AvgIpc) is 2.77. The average molecular weight is 302 g/mol. The van der Waals surface area contributed by atoms with E-state index in [0.29, 0.717) is 18.2 Å². The van der Waals surface area contributed by atoms with Gasteiger partial charge >= 0.3 is 0 Å². The number of carbonyl (C=O) groups is 1. The summed E-state index contributed by atoms with van der Waals surface area (Å²) >= 11 is 1.52. The van der Waals surface area contributed by atoms with E-state index < -0.39 is 0 Å². The Bertz CT molecular complexity index is 647. The minimum absolute atomic E-state index is 0.0189. The van der Waals surface area contributed by atoms with Crippen LogP contribution in [0.25, 0.3) is 0 Å². The van der Waals surface area contributed by atoms with Gasteiger partial charge in [-0.05, 0) is 37.8 Å². The van der Waals surface area contributed by atoms with Crippen molar-refractivity contribution in [2.45, 2.75) is 32.6 Å². The normalized spacial score (nSPS) is 17.0. The van der Waals surface area contributed by atoms with Crippen LogP contribution < -0.4 is 10.1 Å². The number of rotatable bonds is 3. The van der Waals surface area contributed by atoms with Crippen LogP contribution in [0.2, 0.25) is 0 Å². The highest BCUT2D eigenvalue weighted by Gasteiger charge is 2.23. The van der Waals surface area contributed by atoms with E-state index in [0.717, 1.165) is 28.3 Å². The molecule has 1 aromatic carbocycles. The molecule has 0 saturated carbocycles. The number of ether oxygens (including phenoxy) is 1. The number of benzene rings is 1. The second-order valence-electron chi connectivity index (χ2n) is 5.28. The van der Waals surface area contributed by atoms with Crippen LogP contribution in [0.4, 0.5) is 5.13 Å². The van der Waals surface area contributed by atoms with Crippen molar-refractivity contribution in [2.75, 3.05) is 11.9 Å². The van der Waals surface area contributed by atoms with Gasteiger partial charge in [-0.1, -0.05) is 18.2 Å². The first-order valence-corrected chi connectivity index (χ1v) is 7.90. The molecule has 0 radical (unpaired) electrons. The number of fused-ring (bicyclic) bond motifs is 1. The predicted octanol–water partition coefficient (Wildman–Crippen LogP) is 3.65. The summed E-state index contributed by atoms with van der Waals surface area (Å²) in [6.07, 6.45) is 1.35. The summed E-state index contributed by atoms with van der Waals surface area (Å²) in [5.41, 5.74) is 2.11. The summed E-state index contributed by atoms with van der Waals surface area (Å²) in [5, 5.41) is 3.60. The molecule has 1 aromatic heterocycles. The molecular weight excluding hydrogens is 284 g/mol. The predicted molar refractivity (Wildman–Crippen MR) is 84.1 cm³/mol. The van der Waals surface area contributed by atoms with Gasteiger partial charge in [-0.25, -0.2) is 4.98 Å². The van der Waals surface area contributed by atoms with Crippen LogP contribution >= 0.6 is 11.3 Å². The number of para-hydroxylation sites is 1. The van der Waals surface area contributed by atoms with Crippen molar-refractivity contribution in [3.63, 3.8) is 0 Å². The third kappa shape index (κ3) is 3.08. The van der Waals surface area contributed by atoms with Crippen LogP contribution in [-0.4, -0.2) is 17.5 Å². The van der Waals surface area contributed by atoms with Crippen molar-refractivity contribution < 1.29 is 9.53 Å². The molecule has 4 nitrogen and oxygen atoms in total. The van der Waals surface area contributed by atoms with E-state index >= 15 is 0 Å². The number of aryl methyl sites for hydroxylation is 2. The molecule has 0 fully saturated rings. The number of thiazole rings is 1. The zero-order valence-electron chi connectivity index (χ0n) is 12.2. The Hall–Kier alpha value is -1.88. The topological polar surface area (TPSA) is 51.2 Å². The second kappa shape index (κ2) is 5.85. The Morgan fingerprint density at radius 3 is 3.00 bits per heavy atom. The molecule has 2 aromatic rings. The van der Waals surface area contributed by atoms with Crippen molar-refractivity contribution in [1.82, 2.24) is 4.98 Å². The number of carbonyl (C=O) groups excluding carboxylic acids is 1. The van der Waals surface area contributed by atoms with Crippen LogP contribution in [0.5, 0.6) is 5.75 Å². The standard InChI is InChI=1S/C16H18N2O2S/c1-10-11(2)21-16(17-10)18-15(19)9-12-7-8-20-14-6-4-3-5-13(12)14/h3-6,12H,7-9H2,1-2H3,(H,17,18,19). The minimum Gasteiger partial charge on any atom is -0.493 e. The van der Waals surface area contributed by atoms with Crippen LogP contribution in [0, 0.1) is 13.8 Å². The van der Waals surface area contributed by atoms with Crippen LogP contribution in [0.15, 0.2) is 24.3 Å². The first-order chi connectivity index (χ1) is 10.1. The number of aromatic nitrogens is 1. The van der Waals surface area contributed by atoms with E-state index in [1.54, 1.807) is 0 Å². The Morgan fingerprint density at radius 2 is 2.24 bits per heavy atom. The Balaban J connectivity index is 1.68. The van der Waals surface area contributed by atoms with Gasteiger partial charge in [0.05, 0.1) is 12.3 Å². The number of amides is 1. The minimum atomic E-state index is 0.0189. The van der Waals surface area contributed by atoms with Gasteiger partial charge in [0, 0.05) is 11.3 Å². The number of nitrogens with zero attached hydrogens (tertiary/aromatic N) is 1. The summed E-state index contributed by atoms with van der Waals surface area (Å²) in [6, 6.07) is 7.96. The Morgan fingerprint density at radius 1 is 1.43 bits per heavy atom. The number of hydrogen-bond acceptors (Lipinski definition) is 4. The summed E-state index contributed by atoms with van der Waals surface area (Å²) in [7, 11) is 0. The zero-order chi connectivity index (χ0) is 14.8. The lowest BCUT2D eigenvalue weighted by Crippen LogP contribution is -2.20. The lowest BCUT2D eigenvalue weighted by Gasteiger charge is -2.25. The van der Waals surface area contributed by atoms with Gasteiger partial charge in [-0.15, -0.1) is 11.3 Å². The highest BCUT2D eigenvalue weighted by molar-refractivity contribution is 7.15. The highest BCUT2D eigenvalue weighted by atomic mass is 32.1. The Labute approximate surface area is 128 Å². The van der Waals surface area contributed by atoms with Crippen molar-refractivity contribution in [1.29, 1.82) is 0 Å². The SMILES string of the molecule is Cc1nc(NC(=O)CC2CCOc3ccccc32)sc1C. The third-order valence-corrected chi connectivity index (χ3v) is 4.78. The molecule has 0 aliphatic carbocycles. The van der Waals surface area contributed by atoms with Crippen LogP contribution in [0.3, 0.4) is 0 Å². The lowest BCUT2D eigenvalue weighted by molar-refractivity contribution is -0.116. The first-order valence-electron chi connectivity index (χ1n) is 7.09. The number of nitrogens with one attached hydrogen (secondary N) is 1. The van der Waals surface area contributed by atoms with Gasteiger partial charge in [0.2, 0.25) is 5.91 Å². The van der Waals surface area contributed by atoms with Crippen LogP contribution in [-0.2, 0) is 4.79 Å². The quantitative estimate of drug-likeness (QED) is 0.941. The molecule has 0 spiro atoms. The van der Waals surface area contributed by atoms with E-state index in [1.165, 1.54) is 11.3 Å². The van der Waals surface area contributed by atoms with Crippen molar-refractivity contribution >= 4 is 22.4 Å². The van der Waals surface area contributed by atoms with E-state index in [-0.39, 0.29) is 11.8 Å². The second-order valence-corrected chi connectivity index (χ2v) is 6.49. The molecule has 2 heterocycles. The molecular formula is C16H18N2O2S. The number of hydrogen-bond donors (Lipinski definition) is 1. The fraction of sp³-hybridized carbons (Fsp3) is 0.375. The zero-order valence-corrected chi connectivity index (χ0v) is 13.0. The molecule has 110 valence electrons. The van der Waals surface area contributed by atoms with Gasteiger partial charge in [0.25, 0.3) is 0 Å². The van der Waals surface area contributed by atoms with Gasteiger partial charge in [-0.3, -0.25) is 4.79 Å². The maximum atomic E-state index is 12.2.